The summed E-state index contributed by atoms with van der Waals surface area (Å²) in [7, 11) is 0. The van der Waals surface area contributed by atoms with Crippen molar-refractivity contribution in [1.29, 1.82) is 0 Å². The molecule has 1 fully saturated rings. The van der Waals surface area contributed by atoms with E-state index in [0.29, 0.717) is 78.5 Å². The number of fused-ring (bicyclic) bond motifs is 4. The Kier molecular flexibility index (Phi) is 17.8. The lowest BCUT2D eigenvalue weighted by atomic mass is 10.1. The van der Waals surface area contributed by atoms with Gasteiger partial charge in [0.2, 0.25) is 0 Å². The molecule has 1 aliphatic rings. The van der Waals surface area contributed by atoms with Crippen LogP contribution in [-0.2, 0) is 0 Å². The molecule has 0 saturated carbocycles. The van der Waals surface area contributed by atoms with Crippen LogP contribution in [0.1, 0.15) is 0 Å². The topological polar surface area (TPSA) is 131 Å². The number of nitrogens with zero attached hydrogens (tertiary/aromatic N) is 4. The maximum Gasteiger partial charge on any atom is 0.127 e. The highest BCUT2D eigenvalue weighted by molar-refractivity contribution is 5.90. The van der Waals surface area contributed by atoms with E-state index in [1.54, 1.807) is 0 Å². The van der Waals surface area contributed by atoms with Crippen molar-refractivity contribution >= 4 is 43.1 Å². The fourth-order valence-corrected chi connectivity index (χ4v) is 9.74. The summed E-state index contributed by atoms with van der Waals surface area (Å²) in [5, 5.41) is 54.6. The Bertz CT molecular complexity index is 2520. The van der Waals surface area contributed by atoms with Gasteiger partial charge in [-0.25, -0.2) is 0 Å². The fourth-order valence-electron chi connectivity index (χ4n) is 9.74. The van der Waals surface area contributed by atoms with Crippen LogP contribution in [0.5, 0.6) is 23.0 Å². The maximum atomic E-state index is 11.6. The molecule has 0 aromatic heterocycles. The zero-order chi connectivity index (χ0) is 49.5. The molecule has 376 valence electrons. The molecule has 0 radical (unpaired) electrons. The van der Waals surface area contributed by atoms with E-state index in [0.717, 1.165) is 66.1 Å². The van der Waals surface area contributed by atoms with E-state index >= 15 is 0 Å². The molecule has 0 aliphatic carbocycles. The van der Waals surface area contributed by atoms with E-state index in [1.807, 2.05) is 121 Å². The van der Waals surface area contributed by atoms with Crippen molar-refractivity contribution in [2.75, 3.05) is 105 Å². The van der Waals surface area contributed by atoms with Gasteiger partial charge in [0.1, 0.15) is 73.8 Å². The Balaban J connectivity index is 0.905. The van der Waals surface area contributed by atoms with Gasteiger partial charge in [-0.2, -0.15) is 0 Å². The molecule has 1 aliphatic heterocycles. The Morgan fingerprint density at radius 3 is 0.694 bits per heavy atom. The SMILES string of the molecule is O[C@H](COc1cccc2ccccc12)CN1CCN(C[C@H](O)COc2cccc3ccccc23)CCN(C[C@H](O)COc2cccc3ccccc23)CCN(C[C@H](O)COc2cccc3ccccc23)CC1. The molecular formula is C60H68N4O8. The van der Waals surface area contributed by atoms with E-state index in [4.69, 9.17) is 18.9 Å². The highest BCUT2D eigenvalue weighted by Gasteiger charge is 2.24. The average molecular weight is 973 g/mol. The van der Waals surface area contributed by atoms with Gasteiger partial charge in [0.25, 0.3) is 0 Å². The van der Waals surface area contributed by atoms with Crippen LogP contribution >= 0.6 is 0 Å². The zero-order valence-electron chi connectivity index (χ0n) is 41.0. The zero-order valence-corrected chi connectivity index (χ0v) is 41.0. The quantitative estimate of drug-likeness (QED) is 0.0601. The number of benzene rings is 8. The number of hydrogen-bond acceptors (Lipinski definition) is 12. The minimum absolute atomic E-state index is 0.119. The monoisotopic (exact) mass is 973 g/mol. The summed E-state index contributed by atoms with van der Waals surface area (Å²) in [6.07, 6.45) is -3.14. The lowest BCUT2D eigenvalue weighted by molar-refractivity contribution is 0.0244. The third-order valence-electron chi connectivity index (χ3n) is 13.5. The van der Waals surface area contributed by atoms with E-state index in [9.17, 15) is 20.4 Å². The normalized spacial score (nSPS) is 16.7. The molecule has 1 saturated heterocycles. The third kappa shape index (κ3) is 14.0. The molecular weight excluding hydrogens is 905 g/mol. The molecule has 8 aromatic carbocycles. The Labute approximate surface area is 422 Å². The fraction of sp³-hybridized carbons (Fsp3) is 0.333. The minimum Gasteiger partial charge on any atom is -0.490 e. The largest absolute Gasteiger partial charge is 0.490 e. The van der Waals surface area contributed by atoms with Crippen molar-refractivity contribution in [1.82, 2.24) is 19.6 Å². The smallest absolute Gasteiger partial charge is 0.127 e. The third-order valence-corrected chi connectivity index (χ3v) is 13.5. The van der Waals surface area contributed by atoms with Crippen molar-refractivity contribution in [3.63, 3.8) is 0 Å². The second kappa shape index (κ2) is 25.4. The van der Waals surface area contributed by atoms with Crippen molar-refractivity contribution in [3.8, 4) is 23.0 Å². The summed E-state index contributed by atoms with van der Waals surface area (Å²) >= 11 is 0. The summed E-state index contributed by atoms with van der Waals surface area (Å²) in [5.74, 6) is 2.92. The summed E-state index contributed by atoms with van der Waals surface area (Å²) in [5.41, 5.74) is 0. The van der Waals surface area contributed by atoms with Crippen molar-refractivity contribution in [2.45, 2.75) is 24.4 Å². The maximum absolute atomic E-state index is 11.6. The van der Waals surface area contributed by atoms with Crippen LogP contribution < -0.4 is 18.9 Å². The molecule has 72 heavy (non-hydrogen) atoms. The Hall–Kier alpha value is -6.32. The van der Waals surface area contributed by atoms with Gasteiger partial charge in [0.15, 0.2) is 0 Å². The van der Waals surface area contributed by atoms with Crippen LogP contribution in [0.25, 0.3) is 43.1 Å². The van der Waals surface area contributed by atoms with Crippen LogP contribution in [-0.4, -0.2) is 169 Å². The van der Waals surface area contributed by atoms with Crippen molar-refractivity contribution < 1.29 is 39.4 Å². The van der Waals surface area contributed by atoms with Gasteiger partial charge in [-0.15, -0.1) is 0 Å². The Morgan fingerprint density at radius 1 is 0.278 bits per heavy atom. The highest BCUT2D eigenvalue weighted by atomic mass is 16.5. The second-order valence-corrected chi connectivity index (χ2v) is 19.0. The molecule has 12 nitrogen and oxygen atoms in total. The van der Waals surface area contributed by atoms with Gasteiger partial charge >= 0.3 is 0 Å². The van der Waals surface area contributed by atoms with Crippen LogP contribution in [0.3, 0.4) is 0 Å². The lowest BCUT2D eigenvalue weighted by Gasteiger charge is -2.36. The molecule has 1 heterocycles. The summed E-state index contributed by atoms with van der Waals surface area (Å²) < 4.78 is 25.1. The summed E-state index contributed by atoms with van der Waals surface area (Å²) in [4.78, 5) is 9.01. The number of hydrogen-bond donors (Lipinski definition) is 4. The van der Waals surface area contributed by atoms with Gasteiger partial charge in [-0.05, 0) is 45.8 Å². The predicted octanol–water partition coefficient (Wildman–Crippen LogP) is 7.58. The van der Waals surface area contributed by atoms with Gasteiger partial charge in [0.05, 0.1) is 0 Å². The molecule has 9 rings (SSSR count). The Morgan fingerprint density at radius 2 is 0.472 bits per heavy atom. The number of aliphatic hydroxyl groups excluding tert-OH is 4. The first-order valence-corrected chi connectivity index (χ1v) is 25.4. The lowest BCUT2D eigenvalue weighted by Crippen LogP contribution is -2.51. The standard InChI is InChI=1S/C60H68N4O8/c65-49(41-69-57-25-9-17-45-13-1-5-21-53(45)57)37-61-29-31-62(38-50(66)42-70-58-26-10-18-46-14-2-6-22-54(46)58)33-35-64(40-52(68)44-72-60-28-12-20-48-16-4-8-24-56(48)60)36-34-63(32-30-61)39-51(67)43-71-59-27-11-19-47-15-3-7-23-55(47)59/h1-28,49-52,65-68H,29-44H2/t49-,50-,51-,52-/m0/s1. The van der Waals surface area contributed by atoms with E-state index < -0.39 is 24.4 Å². The molecule has 4 N–H and O–H groups in total. The first kappa shape index (κ1) is 50.6. The van der Waals surface area contributed by atoms with Gasteiger partial charge in [-0.3, -0.25) is 19.6 Å². The minimum atomic E-state index is -0.786. The van der Waals surface area contributed by atoms with Crippen LogP contribution in [0, 0.1) is 0 Å². The summed E-state index contributed by atoms with van der Waals surface area (Å²) in [6.45, 7) is 6.74. The first-order valence-electron chi connectivity index (χ1n) is 25.4. The molecule has 0 unspecified atom stereocenters. The van der Waals surface area contributed by atoms with Crippen LogP contribution in [0.15, 0.2) is 170 Å². The van der Waals surface area contributed by atoms with Gasteiger partial charge < -0.3 is 39.4 Å². The molecule has 0 amide bonds. The number of ether oxygens (including phenoxy) is 4. The first-order chi connectivity index (χ1) is 35.3. The van der Waals surface area contributed by atoms with E-state index in [1.165, 1.54) is 0 Å². The van der Waals surface area contributed by atoms with Crippen LogP contribution in [0.4, 0.5) is 0 Å². The number of aliphatic hydroxyl groups is 4. The average Bonchev–Trinajstić information content (AvgIpc) is 3.41. The van der Waals surface area contributed by atoms with Gasteiger partial charge in [-0.1, -0.05) is 146 Å². The van der Waals surface area contributed by atoms with Crippen molar-refractivity contribution in [3.05, 3.63) is 170 Å². The number of β-amino-alcohol motifs (C(OH)–C–C–N with tert-alkyl or cyclic N) is 4. The second-order valence-electron chi connectivity index (χ2n) is 19.0. The summed E-state index contributed by atoms with van der Waals surface area (Å²) in [6, 6.07) is 56.1. The predicted molar refractivity (Wildman–Crippen MR) is 288 cm³/mol. The molecule has 8 aromatic rings. The van der Waals surface area contributed by atoms with E-state index in [-0.39, 0.29) is 26.4 Å². The van der Waals surface area contributed by atoms with Gasteiger partial charge in [0, 0.05) is 100 Å². The number of rotatable bonds is 20. The molecule has 4 atom stereocenters. The molecule has 12 heteroatoms. The molecule has 0 spiro atoms. The van der Waals surface area contributed by atoms with E-state index in [2.05, 4.69) is 68.1 Å². The molecule has 0 bridgehead atoms. The highest BCUT2D eigenvalue weighted by Crippen LogP contribution is 2.29. The van der Waals surface area contributed by atoms with Crippen LogP contribution in [0.2, 0.25) is 0 Å². The van der Waals surface area contributed by atoms with Crippen molar-refractivity contribution in [2.24, 2.45) is 0 Å².